The zero-order valence-electron chi connectivity index (χ0n) is 11.5. The molecule has 0 saturated carbocycles. The number of nitrogen functional groups attached to an aromatic ring is 1. The van der Waals surface area contributed by atoms with Crippen LogP contribution >= 0.6 is 0 Å². The van der Waals surface area contributed by atoms with Crippen molar-refractivity contribution < 1.29 is 13.2 Å². The number of aromatic nitrogens is 2. The fraction of sp³-hybridized carbons (Fsp3) is 0.154. The Labute approximate surface area is 124 Å². The molecule has 0 amide bonds. The van der Waals surface area contributed by atoms with Crippen LogP contribution in [0.1, 0.15) is 11.1 Å². The first kappa shape index (κ1) is 15.5. The van der Waals surface area contributed by atoms with Gasteiger partial charge >= 0.3 is 6.18 Å². The first-order valence-corrected chi connectivity index (χ1v) is 6.14. The van der Waals surface area contributed by atoms with Crippen LogP contribution in [0.3, 0.4) is 0 Å². The Bertz CT molecular complexity index is 699. The number of nitrogens with one attached hydrogen (secondary N) is 3. The molecule has 9 heteroatoms. The maximum atomic E-state index is 12.8. The van der Waals surface area contributed by atoms with Gasteiger partial charge in [0, 0.05) is 36.4 Å². The number of hydrogen-bond acceptors (Lipinski definition) is 6. The van der Waals surface area contributed by atoms with Crippen molar-refractivity contribution in [1.82, 2.24) is 9.97 Å². The van der Waals surface area contributed by atoms with E-state index in [1.165, 1.54) is 7.05 Å². The predicted octanol–water partition coefficient (Wildman–Crippen LogP) is 2.86. The Kier molecular flexibility index (Phi) is 4.15. The van der Waals surface area contributed by atoms with Gasteiger partial charge in [0.05, 0.1) is 0 Å². The molecule has 5 N–H and O–H groups in total. The lowest BCUT2D eigenvalue weighted by Gasteiger charge is -2.13. The van der Waals surface area contributed by atoms with Crippen LogP contribution in [0.2, 0.25) is 0 Å². The second kappa shape index (κ2) is 5.88. The van der Waals surface area contributed by atoms with E-state index in [4.69, 9.17) is 11.1 Å². The van der Waals surface area contributed by atoms with Crippen LogP contribution in [0, 0.1) is 5.41 Å². The summed E-state index contributed by atoms with van der Waals surface area (Å²) in [4.78, 5) is 7.45. The van der Waals surface area contributed by atoms with E-state index in [2.05, 4.69) is 20.6 Å². The van der Waals surface area contributed by atoms with Crippen molar-refractivity contribution in [1.29, 1.82) is 5.41 Å². The summed E-state index contributed by atoms with van der Waals surface area (Å²) in [5, 5.41) is 12.4. The average Bonchev–Trinajstić information content (AvgIpc) is 2.48. The lowest BCUT2D eigenvalue weighted by Crippen LogP contribution is -2.12. The van der Waals surface area contributed by atoms with Crippen LogP contribution in [0.25, 0.3) is 0 Å². The molecule has 1 heterocycles. The van der Waals surface area contributed by atoms with Gasteiger partial charge in [-0.2, -0.15) is 18.2 Å². The van der Waals surface area contributed by atoms with Crippen molar-refractivity contribution in [2.45, 2.75) is 6.18 Å². The lowest BCUT2D eigenvalue weighted by molar-refractivity contribution is -0.137. The number of benzene rings is 1. The van der Waals surface area contributed by atoms with Crippen molar-refractivity contribution in [2.24, 2.45) is 0 Å². The minimum absolute atomic E-state index is 0.00180. The highest BCUT2D eigenvalue weighted by atomic mass is 19.4. The molecule has 0 saturated heterocycles. The van der Waals surface area contributed by atoms with Crippen LogP contribution in [0.4, 0.5) is 36.3 Å². The SMILES string of the molecule is CNc1nc(Nc2ccc(N)c(C=N)c2)ncc1C(F)(F)F. The first-order valence-electron chi connectivity index (χ1n) is 6.14. The Morgan fingerprint density at radius 2 is 2.05 bits per heavy atom. The number of nitrogens with two attached hydrogens (primary N) is 1. The zero-order chi connectivity index (χ0) is 16.3. The smallest absolute Gasteiger partial charge is 0.398 e. The molecule has 0 aliphatic heterocycles. The Morgan fingerprint density at radius 1 is 1.32 bits per heavy atom. The lowest BCUT2D eigenvalue weighted by atomic mass is 10.2. The van der Waals surface area contributed by atoms with E-state index >= 15 is 0 Å². The van der Waals surface area contributed by atoms with Crippen LogP contribution in [0.5, 0.6) is 0 Å². The van der Waals surface area contributed by atoms with E-state index in [9.17, 15) is 13.2 Å². The molecule has 0 aliphatic carbocycles. The summed E-state index contributed by atoms with van der Waals surface area (Å²) in [5.41, 5.74) is 6.12. The molecule has 2 aromatic rings. The van der Waals surface area contributed by atoms with Crippen molar-refractivity contribution in [3.63, 3.8) is 0 Å². The molecule has 0 atom stereocenters. The third-order valence-electron chi connectivity index (χ3n) is 2.83. The topological polar surface area (TPSA) is 99.7 Å². The van der Waals surface area contributed by atoms with Crippen molar-refractivity contribution in [3.05, 3.63) is 35.5 Å². The molecule has 0 spiro atoms. The zero-order valence-corrected chi connectivity index (χ0v) is 11.5. The number of rotatable bonds is 4. The fourth-order valence-corrected chi connectivity index (χ4v) is 1.75. The quantitative estimate of drug-likeness (QED) is 0.514. The van der Waals surface area contributed by atoms with Crippen molar-refractivity contribution in [3.8, 4) is 0 Å². The average molecular weight is 310 g/mol. The van der Waals surface area contributed by atoms with E-state index in [-0.39, 0.29) is 11.8 Å². The van der Waals surface area contributed by atoms with E-state index in [1.807, 2.05) is 0 Å². The molecule has 1 aromatic heterocycles. The molecule has 6 nitrogen and oxygen atoms in total. The van der Waals surface area contributed by atoms with Crippen molar-refractivity contribution in [2.75, 3.05) is 23.4 Å². The number of hydrogen-bond donors (Lipinski definition) is 4. The number of nitrogens with zero attached hydrogens (tertiary/aromatic N) is 2. The Morgan fingerprint density at radius 3 is 2.64 bits per heavy atom. The number of halogens is 3. The number of alkyl halides is 3. The molecule has 0 fully saturated rings. The summed E-state index contributed by atoms with van der Waals surface area (Å²) in [6.45, 7) is 0. The molecule has 2 rings (SSSR count). The van der Waals surface area contributed by atoms with Crippen LogP contribution in [0.15, 0.2) is 24.4 Å². The number of anilines is 4. The van der Waals surface area contributed by atoms with Gasteiger partial charge in [-0.15, -0.1) is 0 Å². The maximum absolute atomic E-state index is 12.8. The highest BCUT2D eigenvalue weighted by Crippen LogP contribution is 2.33. The summed E-state index contributed by atoms with van der Waals surface area (Å²) >= 11 is 0. The molecular weight excluding hydrogens is 297 g/mol. The molecule has 1 aromatic carbocycles. The van der Waals surface area contributed by atoms with Gasteiger partial charge < -0.3 is 21.8 Å². The van der Waals surface area contributed by atoms with Gasteiger partial charge in [0.15, 0.2) is 0 Å². The standard InChI is InChI=1S/C13H13F3N6/c1-19-11-9(13(14,15)16)6-20-12(22-11)21-8-2-3-10(18)7(4-8)5-17/h2-6,17H,18H2,1H3,(H2,19,20,21,22). The summed E-state index contributed by atoms with van der Waals surface area (Å²) in [6, 6.07) is 4.76. The van der Waals surface area contributed by atoms with Gasteiger partial charge in [-0.3, -0.25) is 0 Å². The van der Waals surface area contributed by atoms with Crippen LogP contribution in [-0.2, 0) is 6.18 Å². The second-order valence-corrected chi connectivity index (χ2v) is 4.32. The fourth-order valence-electron chi connectivity index (χ4n) is 1.75. The normalized spacial score (nSPS) is 11.1. The molecule has 116 valence electrons. The van der Waals surface area contributed by atoms with Crippen LogP contribution < -0.4 is 16.4 Å². The summed E-state index contributed by atoms with van der Waals surface area (Å²) in [7, 11) is 1.34. The summed E-state index contributed by atoms with van der Waals surface area (Å²) in [6.07, 6.45) is -2.76. The molecular formula is C13H13F3N6. The van der Waals surface area contributed by atoms with E-state index < -0.39 is 11.7 Å². The minimum atomic E-state index is -4.54. The highest BCUT2D eigenvalue weighted by Gasteiger charge is 2.35. The maximum Gasteiger partial charge on any atom is 0.421 e. The van der Waals surface area contributed by atoms with Gasteiger partial charge in [-0.05, 0) is 18.2 Å². The van der Waals surface area contributed by atoms with Gasteiger partial charge in [-0.1, -0.05) is 0 Å². The van der Waals surface area contributed by atoms with Crippen LogP contribution in [-0.4, -0.2) is 23.2 Å². The Balaban J connectivity index is 2.33. The highest BCUT2D eigenvalue weighted by molar-refractivity contribution is 5.87. The van der Waals surface area contributed by atoms with E-state index in [0.29, 0.717) is 23.1 Å². The molecule has 0 aliphatic rings. The molecule has 0 unspecified atom stereocenters. The second-order valence-electron chi connectivity index (χ2n) is 4.32. The Hall–Kier alpha value is -2.84. The molecule has 0 radical (unpaired) electrons. The van der Waals surface area contributed by atoms with E-state index in [0.717, 1.165) is 6.21 Å². The van der Waals surface area contributed by atoms with Gasteiger partial charge in [0.25, 0.3) is 0 Å². The van der Waals surface area contributed by atoms with Gasteiger partial charge in [-0.25, -0.2) is 4.98 Å². The van der Waals surface area contributed by atoms with E-state index in [1.54, 1.807) is 18.2 Å². The third-order valence-corrected chi connectivity index (χ3v) is 2.83. The molecule has 22 heavy (non-hydrogen) atoms. The van der Waals surface area contributed by atoms with Crippen molar-refractivity contribution >= 4 is 29.4 Å². The first-order chi connectivity index (χ1) is 10.3. The van der Waals surface area contributed by atoms with Gasteiger partial charge in [0.1, 0.15) is 11.4 Å². The van der Waals surface area contributed by atoms with Gasteiger partial charge in [0.2, 0.25) is 5.95 Å². The third kappa shape index (κ3) is 3.25. The minimum Gasteiger partial charge on any atom is -0.398 e. The summed E-state index contributed by atoms with van der Waals surface area (Å²) < 4.78 is 38.3. The summed E-state index contributed by atoms with van der Waals surface area (Å²) in [5.74, 6) is -0.328. The monoisotopic (exact) mass is 310 g/mol. The largest absolute Gasteiger partial charge is 0.421 e. The predicted molar refractivity (Wildman–Crippen MR) is 78.6 cm³/mol. The molecule has 0 bridgehead atoms.